The van der Waals surface area contributed by atoms with Gasteiger partial charge in [-0.15, -0.1) is 0 Å². The summed E-state index contributed by atoms with van der Waals surface area (Å²) < 4.78 is 1.39. The van der Waals surface area contributed by atoms with Crippen molar-refractivity contribution in [2.45, 2.75) is 25.5 Å². The zero-order valence-corrected chi connectivity index (χ0v) is 13.2. The van der Waals surface area contributed by atoms with Crippen molar-refractivity contribution in [2.24, 2.45) is 7.05 Å². The number of aromatic nitrogens is 1. The minimum atomic E-state index is -0.635. The minimum absolute atomic E-state index is 0.143. The first-order valence-electron chi connectivity index (χ1n) is 7.43. The van der Waals surface area contributed by atoms with Crippen molar-refractivity contribution in [1.82, 2.24) is 9.88 Å². The summed E-state index contributed by atoms with van der Waals surface area (Å²) in [6.07, 6.45) is 1.32. The van der Waals surface area contributed by atoms with E-state index in [-0.39, 0.29) is 17.6 Å². The molecule has 0 radical (unpaired) electrons. The lowest BCUT2D eigenvalue weighted by molar-refractivity contribution is 0.155. The molecule has 122 valence electrons. The Kier molecular flexibility index (Phi) is 5.54. The summed E-state index contributed by atoms with van der Waals surface area (Å²) >= 11 is 0. The summed E-state index contributed by atoms with van der Waals surface area (Å²) in [5.41, 5.74) is 1.20. The number of hydrogen-bond donors (Lipinski definition) is 3. The minimum Gasteiger partial charge on any atom is -0.388 e. The number of nitrogens with zero attached hydrogens (tertiary/aromatic N) is 1. The Bertz CT molecular complexity index is 713. The number of hydrogen-bond acceptors (Lipinski definition) is 3. The van der Waals surface area contributed by atoms with Crippen molar-refractivity contribution in [1.29, 1.82) is 0 Å². The van der Waals surface area contributed by atoms with Crippen LogP contribution < -0.4 is 16.2 Å². The number of nitrogens with one attached hydrogen (secondary N) is 2. The molecule has 0 aliphatic rings. The molecule has 3 N–H and O–H groups in total. The number of aryl methyl sites for hydroxylation is 1. The van der Waals surface area contributed by atoms with Crippen molar-refractivity contribution in [2.75, 3.05) is 5.32 Å². The fraction of sp³-hybridized carbons (Fsp3) is 0.294. The Hall–Kier alpha value is -2.60. The SMILES string of the molecule is CC(CC(O)c1ccccc1)NC(=O)Nc1ccc(=O)n(C)c1. The monoisotopic (exact) mass is 315 g/mol. The van der Waals surface area contributed by atoms with Crippen LogP contribution in [0.2, 0.25) is 0 Å². The first-order valence-corrected chi connectivity index (χ1v) is 7.43. The van der Waals surface area contributed by atoms with E-state index in [1.165, 1.54) is 10.6 Å². The lowest BCUT2D eigenvalue weighted by atomic mass is 10.0. The summed E-state index contributed by atoms with van der Waals surface area (Å²) in [6.45, 7) is 1.83. The van der Waals surface area contributed by atoms with E-state index in [0.29, 0.717) is 12.1 Å². The first kappa shape index (κ1) is 16.8. The highest BCUT2D eigenvalue weighted by atomic mass is 16.3. The number of carbonyl (C=O) groups is 1. The van der Waals surface area contributed by atoms with Gasteiger partial charge in [0.1, 0.15) is 0 Å². The third kappa shape index (κ3) is 4.96. The number of benzene rings is 1. The molecule has 2 atom stereocenters. The molecular weight excluding hydrogens is 294 g/mol. The summed E-state index contributed by atoms with van der Waals surface area (Å²) in [5.74, 6) is 0. The van der Waals surface area contributed by atoms with Gasteiger partial charge in [0.05, 0.1) is 11.8 Å². The van der Waals surface area contributed by atoms with Crippen LogP contribution in [-0.4, -0.2) is 21.7 Å². The highest BCUT2D eigenvalue weighted by Gasteiger charge is 2.14. The number of aliphatic hydroxyl groups is 1. The summed E-state index contributed by atoms with van der Waals surface area (Å²) in [7, 11) is 1.62. The molecule has 1 aromatic carbocycles. The van der Waals surface area contributed by atoms with E-state index in [9.17, 15) is 14.7 Å². The zero-order chi connectivity index (χ0) is 16.8. The van der Waals surface area contributed by atoms with E-state index in [0.717, 1.165) is 5.56 Å². The number of rotatable bonds is 5. The summed E-state index contributed by atoms with van der Waals surface area (Å²) in [4.78, 5) is 23.2. The fourth-order valence-corrected chi connectivity index (χ4v) is 2.26. The second-order valence-corrected chi connectivity index (χ2v) is 5.53. The van der Waals surface area contributed by atoms with Crippen LogP contribution in [0, 0.1) is 0 Å². The molecule has 2 aromatic rings. The van der Waals surface area contributed by atoms with Gasteiger partial charge >= 0.3 is 6.03 Å². The largest absolute Gasteiger partial charge is 0.388 e. The number of aliphatic hydroxyl groups excluding tert-OH is 1. The van der Waals surface area contributed by atoms with Crippen LogP contribution in [0.25, 0.3) is 0 Å². The second kappa shape index (κ2) is 7.60. The molecule has 1 heterocycles. The maximum Gasteiger partial charge on any atom is 0.319 e. The predicted molar refractivity (Wildman–Crippen MR) is 89.3 cm³/mol. The van der Waals surface area contributed by atoms with Gasteiger partial charge in [-0.2, -0.15) is 0 Å². The molecular formula is C17H21N3O3. The molecule has 0 aliphatic heterocycles. The average molecular weight is 315 g/mol. The van der Waals surface area contributed by atoms with Gasteiger partial charge in [-0.1, -0.05) is 30.3 Å². The molecule has 0 fully saturated rings. The van der Waals surface area contributed by atoms with E-state index in [2.05, 4.69) is 10.6 Å². The van der Waals surface area contributed by atoms with Crippen LogP contribution in [0.15, 0.2) is 53.5 Å². The Balaban J connectivity index is 1.87. The van der Waals surface area contributed by atoms with Gasteiger partial charge in [0.2, 0.25) is 5.56 Å². The Labute approximate surface area is 134 Å². The molecule has 2 unspecified atom stereocenters. The Morgan fingerprint density at radius 3 is 2.57 bits per heavy atom. The van der Waals surface area contributed by atoms with Crippen LogP contribution in [0.5, 0.6) is 0 Å². The molecule has 0 saturated carbocycles. The lowest BCUT2D eigenvalue weighted by Gasteiger charge is -2.18. The Morgan fingerprint density at radius 2 is 1.91 bits per heavy atom. The van der Waals surface area contributed by atoms with Crippen LogP contribution in [-0.2, 0) is 7.05 Å². The summed E-state index contributed by atoms with van der Waals surface area (Å²) in [5, 5.41) is 15.6. The topological polar surface area (TPSA) is 83.4 Å². The van der Waals surface area contributed by atoms with Gasteiger partial charge in [0.25, 0.3) is 0 Å². The quantitative estimate of drug-likeness (QED) is 0.789. The maximum absolute atomic E-state index is 11.9. The van der Waals surface area contributed by atoms with Gasteiger partial charge in [0.15, 0.2) is 0 Å². The van der Waals surface area contributed by atoms with E-state index >= 15 is 0 Å². The van der Waals surface area contributed by atoms with E-state index in [1.54, 1.807) is 19.3 Å². The van der Waals surface area contributed by atoms with E-state index in [1.807, 2.05) is 37.3 Å². The predicted octanol–water partition coefficient (Wildman–Crippen LogP) is 2.02. The lowest BCUT2D eigenvalue weighted by Crippen LogP contribution is -2.37. The standard InChI is InChI=1S/C17H21N3O3/c1-12(10-15(21)13-6-4-3-5-7-13)18-17(23)19-14-8-9-16(22)20(2)11-14/h3-9,11-12,15,21H,10H2,1-2H3,(H2,18,19,23). The normalized spacial score (nSPS) is 13.2. The smallest absolute Gasteiger partial charge is 0.319 e. The van der Waals surface area contributed by atoms with Gasteiger partial charge < -0.3 is 20.3 Å². The highest BCUT2D eigenvalue weighted by Crippen LogP contribution is 2.17. The number of amides is 2. The number of anilines is 1. The van der Waals surface area contributed by atoms with Crippen LogP contribution in [0.4, 0.5) is 10.5 Å². The highest BCUT2D eigenvalue weighted by molar-refractivity contribution is 5.89. The average Bonchev–Trinajstić information content (AvgIpc) is 2.51. The third-order valence-electron chi connectivity index (χ3n) is 3.48. The van der Waals surface area contributed by atoms with Gasteiger partial charge in [-0.3, -0.25) is 4.79 Å². The Morgan fingerprint density at radius 1 is 1.22 bits per heavy atom. The molecule has 6 nitrogen and oxygen atoms in total. The van der Waals surface area contributed by atoms with E-state index in [4.69, 9.17) is 0 Å². The summed E-state index contributed by atoms with van der Waals surface area (Å²) in [6, 6.07) is 11.7. The van der Waals surface area contributed by atoms with Crippen molar-refractivity contribution in [3.05, 3.63) is 64.6 Å². The van der Waals surface area contributed by atoms with Crippen molar-refractivity contribution in [3.8, 4) is 0 Å². The van der Waals surface area contributed by atoms with Crippen molar-refractivity contribution >= 4 is 11.7 Å². The van der Waals surface area contributed by atoms with Gasteiger partial charge in [-0.25, -0.2) is 4.79 Å². The molecule has 0 bridgehead atoms. The molecule has 2 rings (SSSR count). The number of carbonyl (C=O) groups excluding carboxylic acids is 1. The first-order chi connectivity index (χ1) is 11.0. The number of pyridine rings is 1. The molecule has 0 saturated heterocycles. The van der Waals surface area contributed by atoms with Crippen LogP contribution >= 0.6 is 0 Å². The van der Waals surface area contributed by atoms with Crippen LogP contribution in [0.1, 0.15) is 25.0 Å². The molecule has 2 amide bonds. The molecule has 1 aromatic heterocycles. The zero-order valence-electron chi connectivity index (χ0n) is 13.2. The van der Waals surface area contributed by atoms with Gasteiger partial charge in [0, 0.05) is 25.4 Å². The second-order valence-electron chi connectivity index (χ2n) is 5.53. The van der Waals surface area contributed by atoms with Crippen LogP contribution in [0.3, 0.4) is 0 Å². The molecule has 23 heavy (non-hydrogen) atoms. The van der Waals surface area contributed by atoms with Crippen molar-refractivity contribution in [3.63, 3.8) is 0 Å². The van der Waals surface area contributed by atoms with E-state index < -0.39 is 6.10 Å². The molecule has 0 spiro atoms. The van der Waals surface area contributed by atoms with Crippen molar-refractivity contribution < 1.29 is 9.90 Å². The molecule has 6 heteroatoms. The third-order valence-corrected chi connectivity index (χ3v) is 3.48. The maximum atomic E-state index is 11.9. The number of urea groups is 1. The van der Waals surface area contributed by atoms with Gasteiger partial charge in [-0.05, 0) is 25.0 Å². The fourth-order valence-electron chi connectivity index (χ4n) is 2.26. The molecule has 0 aliphatic carbocycles.